The number of hydrogen-bond acceptors (Lipinski definition) is 9. The zero-order valence-electron chi connectivity index (χ0n) is 23.5. The van der Waals surface area contributed by atoms with E-state index in [0.717, 1.165) is 5.56 Å². The van der Waals surface area contributed by atoms with Crippen molar-refractivity contribution < 1.29 is 32.5 Å². The second-order valence-corrected chi connectivity index (χ2v) is 12.3. The van der Waals surface area contributed by atoms with Crippen LogP contribution in [0.5, 0.6) is 17.2 Å². The van der Waals surface area contributed by atoms with Gasteiger partial charge in [0.1, 0.15) is 6.10 Å². The lowest BCUT2D eigenvalue weighted by molar-refractivity contribution is 0.0344. The van der Waals surface area contributed by atoms with Crippen LogP contribution in [0, 0.1) is 5.92 Å². The minimum Gasteiger partial charge on any atom is -0.486 e. The highest BCUT2D eigenvalue weighted by Gasteiger charge is 2.35. The maximum atomic E-state index is 13.7. The van der Waals surface area contributed by atoms with Crippen molar-refractivity contribution in [2.45, 2.75) is 37.6 Å². The first-order valence-electron chi connectivity index (χ1n) is 13.3. The van der Waals surface area contributed by atoms with Crippen LogP contribution in [0.2, 0.25) is 0 Å². The summed E-state index contributed by atoms with van der Waals surface area (Å²) in [5.74, 6) is 1.06. The van der Waals surface area contributed by atoms with Crippen LogP contribution in [0.15, 0.2) is 53.9 Å². The first-order valence-corrected chi connectivity index (χ1v) is 14.8. The Hall–Kier alpha value is -3.81. The van der Waals surface area contributed by atoms with E-state index in [1.54, 1.807) is 37.1 Å². The average Bonchev–Trinajstić information content (AvgIpc) is 3.59. The molecule has 220 valence electrons. The van der Waals surface area contributed by atoms with Gasteiger partial charge in [-0.3, -0.25) is 14.4 Å². The zero-order valence-corrected chi connectivity index (χ0v) is 24.3. The minimum absolute atomic E-state index is 0.135. The van der Waals surface area contributed by atoms with Gasteiger partial charge in [0.25, 0.3) is 15.9 Å². The number of aliphatic hydroxyl groups is 1. The maximum absolute atomic E-state index is 13.7. The van der Waals surface area contributed by atoms with E-state index in [1.165, 1.54) is 17.1 Å². The molecule has 1 aromatic heterocycles. The van der Waals surface area contributed by atoms with Crippen LogP contribution in [0.3, 0.4) is 0 Å². The summed E-state index contributed by atoms with van der Waals surface area (Å²) in [4.78, 5) is 21.4. The number of nitrogens with zero attached hydrogens (tertiary/aromatic N) is 4. The Morgan fingerprint density at radius 3 is 2.73 bits per heavy atom. The molecule has 3 aromatic rings. The van der Waals surface area contributed by atoms with Crippen molar-refractivity contribution in [3.8, 4) is 17.2 Å². The Bertz CT molecular complexity index is 1530. The third-order valence-corrected chi connectivity index (χ3v) is 8.52. The van der Waals surface area contributed by atoms with Crippen molar-refractivity contribution in [2.24, 2.45) is 13.0 Å². The normalized spacial score (nSPS) is 19.4. The van der Waals surface area contributed by atoms with Crippen LogP contribution < -0.4 is 18.9 Å². The molecule has 12 nitrogen and oxygen atoms in total. The molecule has 0 saturated carbocycles. The number of aliphatic hydroxyl groups excluding tert-OH is 1. The lowest BCUT2D eigenvalue weighted by Gasteiger charge is -2.38. The summed E-state index contributed by atoms with van der Waals surface area (Å²) in [5.41, 5.74) is 1.38. The number of aromatic nitrogens is 2. The summed E-state index contributed by atoms with van der Waals surface area (Å²) in [7, 11) is -0.415. The molecular formula is C28H35N5O7S. The maximum Gasteiger partial charge on any atom is 0.281 e. The summed E-state index contributed by atoms with van der Waals surface area (Å²) in [6, 6.07) is 10.1. The van der Waals surface area contributed by atoms with Gasteiger partial charge in [0, 0.05) is 38.8 Å². The van der Waals surface area contributed by atoms with Crippen LogP contribution in [0.4, 0.5) is 5.69 Å². The quantitative estimate of drug-likeness (QED) is 0.388. The van der Waals surface area contributed by atoms with Gasteiger partial charge in [0.05, 0.1) is 30.2 Å². The van der Waals surface area contributed by atoms with E-state index >= 15 is 0 Å². The second-order valence-electron chi connectivity index (χ2n) is 10.7. The van der Waals surface area contributed by atoms with Crippen molar-refractivity contribution in [3.05, 3.63) is 60.0 Å². The number of imidazole rings is 1. The lowest BCUT2D eigenvalue weighted by atomic mass is 9.99. The third kappa shape index (κ3) is 6.11. The summed E-state index contributed by atoms with van der Waals surface area (Å²) >= 11 is 0. The highest BCUT2D eigenvalue weighted by Crippen LogP contribution is 2.36. The number of hydrogen-bond donors (Lipinski definition) is 2. The molecule has 1 amide bonds. The number of likely N-dealkylation sites (N-methyl/N-ethyl adjacent to an activating group) is 1. The highest BCUT2D eigenvalue weighted by molar-refractivity contribution is 7.92. The third-order valence-electron chi connectivity index (χ3n) is 7.27. The largest absolute Gasteiger partial charge is 0.486 e. The Labute approximate surface area is 239 Å². The van der Waals surface area contributed by atoms with E-state index in [1.807, 2.05) is 32.2 Å². The predicted octanol–water partition coefficient (Wildman–Crippen LogP) is 2.30. The highest BCUT2D eigenvalue weighted by atomic mass is 32.2. The van der Waals surface area contributed by atoms with Crippen molar-refractivity contribution >= 4 is 21.6 Å². The molecule has 2 N–H and O–H groups in total. The molecular weight excluding hydrogens is 550 g/mol. The van der Waals surface area contributed by atoms with E-state index in [-0.39, 0.29) is 47.3 Å². The number of benzene rings is 2. The van der Waals surface area contributed by atoms with Gasteiger partial charge >= 0.3 is 0 Å². The lowest BCUT2D eigenvalue weighted by Crippen LogP contribution is -2.49. The predicted molar refractivity (Wildman–Crippen MR) is 151 cm³/mol. The van der Waals surface area contributed by atoms with Gasteiger partial charge in [-0.05, 0) is 43.8 Å². The van der Waals surface area contributed by atoms with Crippen molar-refractivity contribution in [1.29, 1.82) is 0 Å². The Balaban J connectivity index is 1.46. The molecule has 0 spiro atoms. The van der Waals surface area contributed by atoms with Crippen LogP contribution in [0.25, 0.3) is 0 Å². The fraction of sp³-hybridized carbons (Fsp3) is 0.429. The molecule has 3 atom stereocenters. The number of para-hydroxylation sites is 1. The summed E-state index contributed by atoms with van der Waals surface area (Å²) in [5, 5.41) is 9.77. The Morgan fingerprint density at radius 2 is 2.00 bits per heavy atom. The number of amides is 1. The molecule has 2 aromatic carbocycles. The molecule has 0 unspecified atom stereocenters. The number of carbonyl (C=O) groups excluding carboxylic acids is 1. The van der Waals surface area contributed by atoms with E-state index < -0.39 is 22.2 Å². The summed E-state index contributed by atoms with van der Waals surface area (Å²) < 4.78 is 47.9. The molecule has 41 heavy (non-hydrogen) atoms. The Morgan fingerprint density at radius 1 is 1.22 bits per heavy atom. The van der Waals surface area contributed by atoms with E-state index in [4.69, 9.17) is 14.2 Å². The van der Waals surface area contributed by atoms with Gasteiger partial charge in [0.2, 0.25) is 6.79 Å². The second kappa shape index (κ2) is 11.6. The molecule has 0 radical (unpaired) electrons. The number of aryl methyl sites for hydroxylation is 1. The van der Waals surface area contributed by atoms with E-state index in [0.29, 0.717) is 31.1 Å². The van der Waals surface area contributed by atoms with E-state index in [9.17, 15) is 18.3 Å². The fourth-order valence-electron chi connectivity index (χ4n) is 4.99. The summed E-state index contributed by atoms with van der Waals surface area (Å²) in [6.45, 7) is 5.18. The molecule has 0 bridgehead atoms. The fourth-order valence-corrected chi connectivity index (χ4v) is 6.03. The van der Waals surface area contributed by atoms with E-state index in [2.05, 4.69) is 14.6 Å². The summed E-state index contributed by atoms with van der Waals surface area (Å²) in [6.07, 6.45) is 2.36. The minimum atomic E-state index is -4.06. The average molecular weight is 586 g/mol. The smallest absolute Gasteiger partial charge is 0.281 e. The molecule has 0 fully saturated rings. The van der Waals surface area contributed by atoms with Gasteiger partial charge in [-0.2, -0.15) is 8.42 Å². The topological polar surface area (TPSA) is 135 Å². The van der Waals surface area contributed by atoms with Crippen LogP contribution in [0.1, 0.15) is 29.8 Å². The molecule has 2 aliphatic heterocycles. The molecule has 3 heterocycles. The van der Waals surface area contributed by atoms with Crippen LogP contribution in [-0.4, -0.2) is 84.5 Å². The van der Waals surface area contributed by atoms with Crippen molar-refractivity contribution in [1.82, 2.24) is 19.4 Å². The number of ether oxygens (including phenoxy) is 3. The number of nitrogens with one attached hydrogen (secondary N) is 1. The van der Waals surface area contributed by atoms with Crippen molar-refractivity contribution in [2.75, 3.05) is 38.3 Å². The SMILES string of the molecule is C[C@H](CO)N1C[C@H](C)[C@H](CN(C)Cc2ccc3c(c2)OCO3)Oc2c(NS(=O)(=O)c3cn(C)cn3)cccc2C1=O. The van der Waals surface area contributed by atoms with Crippen LogP contribution >= 0.6 is 0 Å². The van der Waals surface area contributed by atoms with Gasteiger partial charge in [-0.1, -0.05) is 19.1 Å². The van der Waals surface area contributed by atoms with Gasteiger partial charge < -0.3 is 28.8 Å². The number of anilines is 1. The van der Waals surface area contributed by atoms with Gasteiger partial charge in [-0.25, -0.2) is 4.98 Å². The molecule has 13 heteroatoms. The molecule has 0 aliphatic carbocycles. The first kappa shape index (κ1) is 28.7. The number of fused-ring (bicyclic) bond motifs is 2. The number of sulfonamides is 1. The monoisotopic (exact) mass is 585 g/mol. The molecule has 2 aliphatic rings. The first-order chi connectivity index (χ1) is 19.6. The Kier molecular flexibility index (Phi) is 8.11. The number of rotatable bonds is 9. The zero-order chi connectivity index (χ0) is 29.3. The van der Waals surface area contributed by atoms with Crippen molar-refractivity contribution in [3.63, 3.8) is 0 Å². The standard InChI is InChI=1S/C28H35N5O7S/c1-18-11-33(19(2)15-34)28(35)21-6-5-7-22(30-41(36,37)26-14-32(4)16-29-26)27(21)40-25(18)13-31(3)12-20-8-9-23-24(10-20)39-17-38-23/h5-10,14,16,18-19,25,30,34H,11-13,15,17H2,1-4H3/t18-,19+,25-/m0/s1. The van der Waals surface area contributed by atoms with Gasteiger partial charge in [0.15, 0.2) is 22.3 Å². The van der Waals surface area contributed by atoms with Crippen LogP contribution in [-0.2, 0) is 23.6 Å². The number of carbonyl (C=O) groups is 1. The molecule has 0 saturated heterocycles. The van der Waals surface area contributed by atoms with Gasteiger partial charge in [-0.15, -0.1) is 0 Å². The molecule has 5 rings (SSSR count).